The molecule has 0 aliphatic heterocycles. The number of anilines is 2. The van der Waals surface area contributed by atoms with Crippen molar-refractivity contribution in [2.45, 2.75) is 12.8 Å². The normalized spacial score (nSPS) is 10.1. The van der Waals surface area contributed by atoms with E-state index in [1.807, 2.05) is 37.3 Å². The molecule has 4 heteroatoms. The predicted octanol–water partition coefficient (Wildman–Crippen LogP) is 3.27. The van der Waals surface area contributed by atoms with Crippen molar-refractivity contribution < 1.29 is 0 Å². The van der Waals surface area contributed by atoms with Crippen LogP contribution in [0.25, 0.3) is 0 Å². The van der Waals surface area contributed by atoms with Crippen molar-refractivity contribution in [2.75, 3.05) is 5.32 Å². The van der Waals surface area contributed by atoms with Crippen molar-refractivity contribution >= 4 is 23.1 Å². The fraction of sp³-hybridized carbons (Fsp3) is 0.167. The Morgan fingerprint density at radius 2 is 2.00 bits per heavy atom. The molecule has 0 unspecified atom stereocenters. The number of aromatic nitrogens is 2. The van der Waals surface area contributed by atoms with E-state index in [4.69, 9.17) is 11.6 Å². The van der Waals surface area contributed by atoms with Crippen LogP contribution in [0.15, 0.2) is 36.5 Å². The lowest BCUT2D eigenvalue weighted by molar-refractivity contribution is 1.02. The van der Waals surface area contributed by atoms with Crippen molar-refractivity contribution in [3.05, 3.63) is 47.7 Å². The number of hydrogen-bond acceptors (Lipinski definition) is 3. The highest BCUT2D eigenvalue weighted by Gasteiger charge is 1.97. The molecule has 0 bridgehead atoms. The van der Waals surface area contributed by atoms with Gasteiger partial charge in [-0.25, -0.2) is 0 Å². The van der Waals surface area contributed by atoms with Gasteiger partial charge in [-0.05, 0) is 36.2 Å². The van der Waals surface area contributed by atoms with E-state index in [1.54, 1.807) is 6.20 Å². The molecule has 0 saturated carbocycles. The van der Waals surface area contributed by atoms with Gasteiger partial charge in [0.25, 0.3) is 0 Å². The zero-order valence-corrected chi connectivity index (χ0v) is 9.70. The summed E-state index contributed by atoms with van der Waals surface area (Å²) in [6.45, 7) is 1.98. The lowest BCUT2D eigenvalue weighted by Gasteiger charge is -2.05. The van der Waals surface area contributed by atoms with Crippen LogP contribution in [0.4, 0.5) is 11.5 Å². The molecular formula is C12H12ClN3. The van der Waals surface area contributed by atoms with E-state index in [0.29, 0.717) is 5.88 Å². The standard InChI is InChI=1S/C12H12ClN3/c1-9-6-12(16-14-8-9)15-11-4-2-10(7-13)3-5-11/h2-6,8H,7H2,1H3,(H,15,16). The van der Waals surface area contributed by atoms with E-state index in [0.717, 1.165) is 22.6 Å². The summed E-state index contributed by atoms with van der Waals surface area (Å²) in [6.07, 6.45) is 1.72. The van der Waals surface area contributed by atoms with E-state index < -0.39 is 0 Å². The average molecular weight is 234 g/mol. The number of nitrogens with one attached hydrogen (secondary N) is 1. The lowest BCUT2D eigenvalue weighted by atomic mass is 10.2. The minimum atomic E-state index is 0.532. The Morgan fingerprint density at radius 3 is 2.62 bits per heavy atom. The monoisotopic (exact) mass is 233 g/mol. The van der Waals surface area contributed by atoms with Gasteiger partial charge in [0.15, 0.2) is 5.82 Å². The molecule has 1 heterocycles. The number of alkyl halides is 1. The number of hydrogen-bond donors (Lipinski definition) is 1. The summed E-state index contributed by atoms with van der Waals surface area (Å²) in [7, 11) is 0. The van der Waals surface area contributed by atoms with Crippen LogP contribution >= 0.6 is 11.6 Å². The first-order valence-electron chi connectivity index (χ1n) is 4.99. The van der Waals surface area contributed by atoms with Crippen LogP contribution in [0.2, 0.25) is 0 Å². The molecule has 0 radical (unpaired) electrons. The first kappa shape index (κ1) is 10.9. The first-order chi connectivity index (χ1) is 7.78. The smallest absolute Gasteiger partial charge is 0.153 e. The Hall–Kier alpha value is -1.61. The molecule has 0 amide bonds. The summed E-state index contributed by atoms with van der Waals surface area (Å²) in [5.41, 5.74) is 3.16. The highest BCUT2D eigenvalue weighted by molar-refractivity contribution is 6.17. The summed E-state index contributed by atoms with van der Waals surface area (Å²) >= 11 is 5.72. The Balaban J connectivity index is 2.14. The van der Waals surface area contributed by atoms with E-state index in [1.165, 1.54) is 0 Å². The van der Waals surface area contributed by atoms with Crippen LogP contribution in [0.1, 0.15) is 11.1 Å². The van der Waals surface area contributed by atoms with Crippen LogP contribution in [0.3, 0.4) is 0 Å². The molecule has 1 aromatic carbocycles. The van der Waals surface area contributed by atoms with Crippen molar-refractivity contribution in [1.82, 2.24) is 10.2 Å². The predicted molar refractivity (Wildman–Crippen MR) is 66.1 cm³/mol. The second-order valence-electron chi connectivity index (χ2n) is 3.57. The molecule has 2 rings (SSSR count). The molecule has 0 atom stereocenters. The second-order valence-corrected chi connectivity index (χ2v) is 3.84. The van der Waals surface area contributed by atoms with E-state index in [2.05, 4.69) is 15.5 Å². The maximum absolute atomic E-state index is 5.72. The third kappa shape index (κ3) is 2.70. The van der Waals surface area contributed by atoms with Gasteiger partial charge in [0, 0.05) is 11.6 Å². The molecule has 0 spiro atoms. The highest BCUT2D eigenvalue weighted by Crippen LogP contribution is 2.16. The highest BCUT2D eigenvalue weighted by atomic mass is 35.5. The van der Waals surface area contributed by atoms with Gasteiger partial charge in [-0.15, -0.1) is 16.7 Å². The van der Waals surface area contributed by atoms with Crippen LogP contribution in [-0.2, 0) is 5.88 Å². The minimum Gasteiger partial charge on any atom is -0.339 e. The number of nitrogens with zero attached hydrogens (tertiary/aromatic N) is 2. The molecular weight excluding hydrogens is 222 g/mol. The maximum Gasteiger partial charge on any atom is 0.153 e. The van der Waals surface area contributed by atoms with Gasteiger partial charge in [0.2, 0.25) is 0 Å². The topological polar surface area (TPSA) is 37.8 Å². The third-order valence-corrected chi connectivity index (χ3v) is 2.48. The van der Waals surface area contributed by atoms with Gasteiger partial charge in [-0.3, -0.25) is 0 Å². The van der Waals surface area contributed by atoms with Crippen LogP contribution in [-0.4, -0.2) is 10.2 Å². The van der Waals surface area contributed by atoms with Crippen LogP contribution < -0.4 is 5.32 Å². The number of rotatable bonds is 3. The molecule has 0 saturated heterocycles. The Kier molecular flexibility index (Phi) is 3.37. The van der Waals surface area contributed by atoms with E-state index in [-0.39, 0.29) is 0 Å². The summed E-state index contributed by atoms with van der Waals surface area (Å²) in [4.78, 5) is 0. The zero-order valence-electron chi connectivity index (χ0n) is 8.94. The Morgan fingerprint density at radius 1 is 1.25 bits per heavy atom. The lowest BCUT2D eigenvalue weighted by Crippen LogP contribution is -1.95. The molecule has 2 aromatic rings. The fourth-order valence-corrected chi connectivity index (χ4v) is 1.53. The number of aryl methyl sites for hydroxylation is 1. The average Bonchev–Trinajstić information content (AvgIpc) is 2.30. The fourth-order valence-electron chi connectivity index (χ4n) is 1.35. The molecule has 0 aliphatic rings. The molecule has 3 nitrogen and oxygen atoms in total. The SMILES string of the molecule is Cc1cnnc(Nc2ccc(CCl)cc2)c1. The first-order valence-corrected chi connectivity index (χ1v) is 5.52. The summed E-state index contributed by atoms with van der Waals surface area (Å²) in [5, 5.41) is 11.1. The molecule has 0 aliphatic carbocycles. The van der Waals surface area contributed by atoms with Crippen LogP contribution in [0.5, 0.6) is 0 Å². The maximum atomic E-state index is 5.72. The molecule has 82 valence electrons. The van der Waals surface area contributed by atoms with Gasteiger partial charge < -0.3 is 5.32 Å². The Labute approximate surface area is 99.5 Å². The largest absolute Gasteiger partial charge is 0.339 e. The zero-order chi connectivity index (χ0) is 11.4. The van der Waals surface area contributed by atoms with E-state index >= 15 is 0 Å². The Bertz CT molecular complexity index is 468. The molecule has 0 fully saturated rings. The summed E-state index contributed by atoms with van der Waals surface area (Å²) in [5.74, 6) is 1.28. The quantitative estimate of drug-likeness (QED) is 0.827. The van der Waals surface area contributed by atoms with Gasteiger partial charge in [0.05, 0.1) is 6.20 Å². The van der Waals surface area contributed by atoms with Crippen molar-refractivity contribution in [3.63, 3.8) is 0 Å². The summed E-state index contributed by atoms with van der Waals surface area (Å²) in [6, 6.07) is 9.86. The van der Waals surface area contributed by atoms with Gasteiger partial charge in [0.1, 0.15) is 0 Å². The molecule has 1 N–H and O–H groups in total. The van der Waals surface area contributed by atoms with Gasteiger partial charge >= 0.3 is 0 Å². The number of benzene rings is 1. The second kappa shape index (κ2) is 4.94. The molecule has 1 aromatic heterocycles. The van der Waals surface area contributed by atoms with Gasteiger partial charge in [-0.2, -0.15) is 5.10 Å². The van der Waals surface area contributed by atoms with Crippen LogP contribution in [0, 0.1) is 6.92 Å². The third-order valence-electron chi connectivity index (χ3n) is 2.17. The van der Waals surface area contributed by atoms with E-state index in [9.17, 15) is 0 Å². The van der Waals surface area contributed by atoms with Crippen molar-refractivity contribution in [2.24, 2.45) is 0 Å². The minimum absolute atomic E-state index is 0.532. The summed E-state index contributed by atoms with van der Waals surface area (Å²) < 4.78 is 0. The van der Waals surface area contributed by atoms with Crippen molar-refractivity contribution in [1.29, 1.82) is 0 Å². The number of halogens is 1. The van der Waals surface area contributed by atoms with Gasteiger partial charge in [-0.1, -0.05) is 12.1 Å². The molecule has 16 heavy (non-hydrogen) atoms. The van der Waals surface area contributed by atoms with Crippen molar-refractivity contribution in [3.8, 4) is 0 Å².